The topological polar surface area (TPSA) is 58.6 Å². The summed E-state index contributed by atoms with van der Waals surface area (Å²) in [4.78, 5) is 23.9. The monoisotopic (exact) mass is 446 g/mol. The molecule has 1 aliphatic heterocycles. The lowest BCUT2D eigenvalue weighted by molar-refractivity contribution is -0.141. The Morgan fingerprint density at radius 2 is 1.72 bits per heavy atom. The van der Waals surface area contributed by atoms with Crippen LogP contribution in [0.4, 0.5) is 34.6 Å². The zero-order chi connectivity index (χ0) is 23.2. The maximum atomic E-state index is 13.7. The number of aromatic nitrogens is 2. The van der Waals surface area contributed by atoms with Crippen LogP contribution in [0.3, 0.4) is 0 Å². The molecular formula is C22H18F4N4O2. The number of hydrogen-bond donors (Lipinski definition) is 0. The number of pyridine rings is 2. The number of anilines is 3. The average Bonchev–Trinajstić information content (AvgIpc) is 2.74. The third-order valence-electron chi connectivity index (χ3n) is 5.20. The first-order valence-corrected chi connectivity index (χ1v) is 9.54. The van der Waals surface area contributed by atoms with Crippen molar-refractivity contribution in [3.8, 4) is 5.88 Å². The number of carbonyl (C=O) groups is 1. The first-order chi connectivity index (χ1) is 15.1. The van der Waals surface area contributed by atoms with E-state index in [1.54, 1.807) is 26.0 Å². The smallest absolute Gasteiger partial charge is 0.433 e. The van der Waals surface area contributed by atoms with Crippen LogP contribution < -0.4 is 14.5 Å². The maximum Gasteiger partial charge on any atom is 0.433 e. The Labute approximate surface area is 181 Å². The molecule has 0 unspecified atom stereocenters. The molecule has 0 fully saturated rings. The summed E-state index contributed by atoms with van der Waals surface area (Å²) in [5.41, 5.74) is 0.835. The van der Waals surface area contributed by atoms with Crippen molar-refractivity contribution in [3.05, 3.63) is 70.9 Å². The molecule has 6 nitrogen and oxygen atoms in total. The van der Waals surface area contributed by atoms with Gasteiger partial charge in [-0.2, -0.15) is 13.2 Å². The Morgan fingerprint density at radius 1 is 1.00 bits per heavy atom. The Bertz CT molecular complexity index is 1210. The van der Waals surface area contributed by atoms with Gasteiger partial charge in [-0.25, -0.2) is 9.37 Å². The first kappa shape index (κ1) is 21.5. The zero-order valence-corrected chi connectivity index (χ0v) is 17.4. The number of hydrogen-bond acceptors (Lipinski definition) is 5. The molecule has 1 amide bonds. The SMILES string of the molecule is COc1ccc(N2CN(c3ccc(F)cc3C)c3cc(C(F)(F)F)ncc3C2=O)c(C)n1. The molecule has 32 heavy (non-hydrogen) atoms. The van der Waals surface area contributed by atoms with Gasteiger partial charge in [0.1, 0.15) is 18.2 Å². The molecule has 0 N–H and O–H groups in total. The molecule has 3 aromatic rings. The van der Waals surface area contributed by atoms with Crippen LogP contribution in [0, 0.1) is 19.7 Å². The number of nitrogens with zero attached hydrogens (tertiary/aromatic N) is 4. The van der Waals surface area contributed by atoms with Crippen LogP contribution in [0.1, 0.15) is 27.3 Å². The van der Waals surface area contributed by atoms with Crippen molar-refractivity contribution in [3.63, 3.8) is 0 Å². The van der Waals surface area contributed by atoms with Gasteiger partial charge in [-0.1, -0.05) is 0 Å². The van der Waals surface area contributed by atoms with Gasteiger partial charge in [0, 0.05) is 18.0 Å². The second kappa shape index (κ2) is 7.77. The van der Waals surface area contributed by atoms with Crippen molar-refractivity contribution in [1.82, 2.24) is 9.97 Å². The van der Waals surface area contributed by atoms with Gasteiger partial charge in [0.15, 0.2) is 0 Å². The Morgan fingerprint density at radius 3 is 2.34 bits per heavy atom. The van der Waals surface area contributed by atoms with E-state index >= 15 is 0 Å². The summed E-state index contributed by atoms with van der Waals surface area (Å²) in [5.74, 6) is -0.636. The minimum atomic E-state index is -4.69. The average molecular weight is 446 g/mol. The van der Waals surface area contributed by atoms with E-state index in [0.29, 0.717) is 28.5 Å². The molecule has 10 heteroatoms. The minimum Gasteiger partial charge on any atom is -0.481 e. The van der Waals surface area contributed by atoms with E-state index in [1.807, 2.05) is 0 Å². The third kappa shape index (κ3) is 3.72. The second-order valence-corrected chi connectivity index (χ2v) is 7.28. The van der Waals surface area contributed by atoms with Crippen LogP contribution in [0.5, 0.6) is 5.88 Å². The van der Waals surface area contributed by atoms with Gasteiger partial charge in [0.05, 0.1) is 29.7 Å². The Balaban J connectivity index is 1.90. The lowest BCUT2D eigenvalue weighted by Gasteiger charge is -2.39. The van der Waals surface area contributed by atoms with Crippen LogP contribution in [0.2, 0.25) is 0 Å². The van der Waals surface area contributed by atoms with Gasteiger partial charge < -0.3 is 9.64 Å². The lowest BCUT2D eigenvalue weighted by Crippen LogP contribution is -2.45. The summed E-state index contributed by atoms with van der Waals surface area (Å²) < 4.78 is 58.8. The number of methoxy groups -OCH3 is 1. The van der Waals surface area contributed by atoms with Crippen molar-refractivity contribution in [2.24, 2.45) is 0 Å². The number of alkyl halides is 3. The molecule has 0 atom stereocenters. The van der Waals surface area contributed by atoms with Crippen molar-refractivity contribution in [1.29, 1.82) is 0 Å². The van der Waals surface area contributed by atoms with Gasteiger partial charge in [-0.15, -0.1) is 0 Å². The van der Waals surface area contributed by atoms with Gasteiger partial charge in [0.2, 0.25) is 5.88 Å². The number of carbonyl (C=O) groups excluding carboxylic acids is 1. The number of aryl methyl sites for hydroxylation is 2. The van der Waals surface area contributed by atoms with Gasteiger partial charge in [0.25, 0.3) is 5.91 Å². The molecule has 0 radical (unpaired) electrons. The van der Waals surface area contributed by atoms with Crippen LogP contribution in [-0.2, 0) is 6.18 Å². The van der Waals surface area contributed by atoms with E-state index < -0.39 is 23.6 Å². The molecule has 166 valence electrons. The minimum absolute atomic E-state index is 0.0109. The van der Waals surface area contributed by atoms with Gasteiger partial charge in [-0.3, -0.25) is 14.7 Å². The normalized spacial score (nSPS) is 13.9. The van der Waals surface area contributed by atoms with Crippen molar-refractivity contribution < 1.29 is 27.1 Å². The van der Waals surface area contributed by atoms with E-state index in [9.17, 15) is 22.4 Å². The molecule has 1 aromatic carbocycles. The summed E-state index contributed by atoms with van der Waals surface area (Å²) in [5, 5.41) is 0. The molecule has 1 aliphatic rings. The van der Waals surface area contributed by atoms with Crippen molar-refractivity contribution in [2.45, 2.75) is 20.0 Å². The fourth-order valence-electron chi connectivity index (χ4n) is 3.66. The number of fused-ring (bicyclic) bond motifs is 1. The largest absolute Gasteiger partial charge is 0.481 e. The van der Waals surface area contributed by atoms with E-state index in [-0.39, 0.29) is 17.9 Å². The summed E-state index contributed by atoms with van der Waals surface area (Å²) >= 11 is 0. The molecule has 4 rings (SSSR count). The summed E-state index contributed by atoms with van der Waals surface area (Å²) in [6.07, 6.45) is -3.76. The quantitative estimate of drug-likeness (QED) is 0.529. The Hall–Kier alpha value is -3.69. The lowest BCUT2D eigenvalue weighted by atomic mass is 10.1. The van der Waals surface area contributed by atoms with E-state index in [4.69, 9.17) is 4.74 Å². The number of amides is 1. The molecule has 0 bridgehead atoms. The first-order valence-electron chi connectivity index (χ1n) is 9.54. The maximum absolute atomic E-state index is 13.7. The third-order valence-corrected chi connectivity index (χ3v) is 5.20. The number of benzene rings is 1. The fraction of sp³-hybridized carbons (Fsp3) is 0.227. The number of ether oxygens (including phenoxy) is 1. The number of rotatable bonds is 3. The molecule has 0 spiro atoms. The van der Waals surface area contributed by atoms with Gasteiger partial charge in [-0.05, 0) is 49.7 Å². The van der Waals surface area contributed by atoms with Crippen molar-refractivity contribution in [2.75, 3.05) is 23.6 Å². The molecule has 0 saturated carbocycles. The van der Waals surface area contributed by atoms with E-state index in [1.165, 1.54) is 35.1 Å². The predicted octanol–water partition coefficient (Wildman–Crippen LogP) is 5.02. The molecular weight excluding hydrogens is 428 g/mol. The number of halogens is 4. The zero-order valence-electron chi connectivity index (χ0n) is 17.4. The van der Waals surface area contributed by atoms with Crippen LogP contribution in [0.15, 0.2) is 42.6 Å². The van der Waals surface area contributed by atoms with Crippen molar-refractivity contribution >= 4 is 23.0 Å². The Kier molecular flexibility index (Phi) is 5.23. The molecule has 3 heterocycles. The van der Waals surface area contributed by atoms with Gasteiger partial charge >= 0.3 is 6.18 Å². The predicted molar refractivity (Wildman–Crippen MR) is 110 cm³/mol. The highest BCUT2D eigenvalue weighted by molar-refractivity contribution is 6.12. The fourth-order valence-corrected chi connectivity index (χ4v) is 3.66. The summed E-state index contributed by atoms with van der Waals surface area (Å²) in [7, 11) is 1.46. The van der Waals surface area contributed by atoms with E-state index in [0.717, 1.165) is 12.3 Å². The standard InChI is InChI=1S/C22H18F4N4O2/c1-12-8-14(23)4-5-16(12)29-11-30(17-6-7-20(32-3)28-13(17)2)21(31)15-10-27-19(9-18(15)29)22(24,25)26/h4-10H,11H2,1-3H3. The molecule has 0 aliphatic carbocycles. The highest BCUT2D eigenvalue weighted by Crippen LogP contribution is 2.40. The second-order valence-electron chi connectivity index (χ2n) is 7.28. The molecule has 2 aromatic heterocycles. The molecule has 0 saturated heterocycles. The highest BCUT2D eigenvalue weighted by atomic mass is 19.4. The summed E-state index contributed by atoms with van der Waals surface area (Å²) in [6, 6.07) is 8.04. The van der Waals surface area contributed by atoms with Crippen LogP contribution in [-0.4, -0.2) is 29.7 Å². The highest BCUT2D eigenvalue weighted by Gasteiger charge is 2.38. The van der Waals surface area contributed by atoms with Crippen LogP contribution in [0.25, 0.3) is 0 Å². The van der Waals surface area contributed by atoms with Crippen LogP contribution >= 0.6 is 0 Å². The van der Waals surface area contributed by atoms with E-state index in [2.05, 4.69) is 9.97 Å². The summed E-state index contributed by atoms with van der Waals surface area (Å²) in [6.45, 7) is 3.23.